The number of hydrogen-bond acceptors (Lipinski definition) is 3. The van der Waals surface area contributed by atoms with Crippen molar-refractivity contribution >= 4 is 41.3 Å². The summed E-state index contributed by atoms with van der Waals surface area (Å²) in [5, 5.41) is 9.97. The molecule has 2 N–H and O–H groups in total. The number of rotatable bonds is 7. The fourth-order valence-corrected chi connectivity index (χ4v) is 2.32. The standard InChI is InChI=1S/C13H24N4S.HI/c1-4-6-8-15-13(14-3)16-9-7-11-10-18-12(5-2)17-11;/h10H,4-9H2,1-3H3,(H2,14,15,16);1H. The highest BCUT2D eigenvalue weighted by Crippen LogP contribution is 2.09. The molecule has 0 fully saturated rings. The van der Waals surface area contributed by atoms with E-state index >= 15 is 0 Å². The van der Waals surface area contributed by atoms with Crippen LogP contribution < -0.4 is 10.6 Å². The van der Waals surface area contributed by atoms with Crippen molar-refractivity contribution in [3.63, 3.8) is 0 Å². The quantitative estimate of drug-likeness (QED) is 0.323. The van der Waals surface area contributed by atoms with Crippen LogP contribution in [0.15, 0.2) is 10.4 Å². The van der Waals surface area contributed by atoms with E-state index in [0.29, 0.717) is 0 Å². The summed E-state index contributed by atoms with van der Waals surface area (Å²) in [6, 6.07) is 0. The van der Waals surface area contributed by atoms with Gasteiger partial charge in [-0.2, -0.15) is 0 Å². The van der Waals surface area contributed by atoms with Crippen molar-refractivity contribution < 1.29 is 0 Å². The molecular formula is C13H25IN4S. The van der Waals surface area contributed by atoms with Gasteiger partial charge in [-0.1, -0.05) is 20.3 Å². The molecular weight excluding hydrogens is 371 g/mol. The number of hydrogen-bond donors (Lipinski definition) is 2. The van der Waals surface area contributed by atoms with Gasteiger partial charge in [0.15, 0.2) is 5.96 Å². The molecule has 0 atom stereocenters. The summed E-state index contributed by atoms with van der Waals surface area (Å²) in [6.07, 6.45) is 4.35. The number of nitrogens with one attached hydrogen (secondary N) is 2. The van der Waals surface area contributed by atoms with E-state index in [0.717, 1.165) is 31.9 Å². The molecule has 6 heteroatoms. The molecule has 0 aliphatic rings. The first kappa shape index (κ1) is 18.6. The summed E-state index contributed by atoms with van der Waals surface area (Å²) in [7, 11) is 1.80. The van der Waals surface area contributed by atoms with Gasteiger partial charge in [-0.15, -0.1) is 35.3 Å². The first-order chi connectivity index (χ1) is 8.80. The third-order valence-electron chi connectivity index (χ3n) is 2.62. The van der Waals surface area contributed by atoms with Crippen LogP contribution in [-0.2, 0) is 12.8 Å². The Balaban J connectivity index is 0.00000324. The van der Waals surface area contributed by atoms with Crippen molar-refractivity contribution in [1.29, 1.82) is 0 Å². The van der Waals surface area contributed by atoms with Crippen molar-refractivity contribution in [3.8, 4) is 0 Å². The minimum Gasteiger partial charge on any atom is -0.356 e. The van der Waals surface area contributed by atoms with Gasteiger partial charge in [0.1, 0.15) is 0 Å². The van der Waals surface area contributed by atoms with Crippen LogP contribution in [0.25, 0.3) is 0 Å². The van der Waals surface area contributed by atoms with E-state index < -0.39 is 0 Å². The summed E-state index contributed by atoms with van der Waals surface area (Å²) >= 11 is 1.75. The number of aryl methyl sites for hydroxylation is 1. The molecule has 0 radical (unpaired) electrons. The van der Waals surface area contributed by atoms with E-state index in [1.54, 1.807) is 18.4 Å². The predicted molar refractivity (Wildman–Crippen MR) is 94.9 cm³/mol. The molecule has 1 aromatic rings. The average Bonchev–Trinajstić information content (AvgIpc) is 2.85. The highest BCUT2D eigenvalue weighted by molar-refractivity contribution is 14.0. The zero-order chi connectivity index (χ0) is 13.2. The second-order valence-electron chi connectivity index (χ2n) is 4.12. The number of aromatic nitrogens is 1. The van der Waals surface area contributed by atoms with E-state index in [1.807, 2.05) is 0 Å². The van der Waals surface area contributed by atoms with Gasteiger partial charge in [0, 0.05) is 31.9 Å². The molecule has 1 aromatic heterocycles. The first-order valence-corrected chi connectivity index (χ1v) is 7.55. The van der Waals surface area contributed by atoms with Gasteiger partial charge in [0.05, 0.1) is 10.7 Å². The molecule has 0 amide bonds. The van der Waals surface area contributed by atoms with Crippen LogP contribution in [0.1, 0.15) is 37.4 Å². The first-order valence-electron chi connectivity index (χ1n) is 6.67. The van der Waals surface area contributed by atoms with Crippen LogP contribution in [0, 0.1) is 0 Å². The Labute approximate surface area is 137 Å². The molecule has 0 bridgehead atoms. The maximum absolute atomic E-state index is 4.55. The van der Waals surface area contributed by atoms with E-state index in [9.17, 15) is 0 Å². The Bertz CT molecular complexity index is 365. The number of unbranched alkanes of at least 4 members (excludes halogenated alkanes) is 1. The van der Waals surface area contributed by atoms with Crippen LogP contribution in [-0.4, -0.2) is 31.1 Å². The maximum Gasteiger partial charge on any atom is 0.190 e. The van der Waals surface area contributed by atoms with Crippen molar-refractivity contribution in [2.75, 3.05) is 20.1 Å². The Morgan fingerprint density at radius 2 is 2.05 bits per heavy atom. The van der Waals surface area contributed by atoms with Gasteiger partial charge < -0.3 is 10.6 Å². The third-order valence-corrected chi connectivity index (χ3v) is 3.66. The molecule has 110 valence electrons. The number of guanidine groups is 1. The maximum atomic E-state index is 4.55. The number of halogens is 1. The summed E-state index contributed by atoms with van der Waals surface area (Å²) < 4.78 is 0. The molecule has 19 heavy (non-hydrogen) atoms. The molecule has 1 rings (SSSR count). The van der Waals surface area contributed by atoms with Gasteiger partial charge in [0.2, 0.25) is 0 Å². The smallest absolute Gasteiger partial charge is 0.190 e. The fraction of sp³-hybridized carbons (Fsp3) is 0.692. The summed E-state index contributed by atoms with van der Waals surface area (Å²) in [5.41, 5.74) is 1.17. The van der Waals surface area contributed by atoms with Crippen molar-refractivity contribution in [1.82, 2.24) is 15.6 Å². The lowest BCUT2D eigenvalue weighted by molar-refractivity contribution is 0.725. The van der Waals surface area contributed by atoms with Crippen molar-refractivity contribution in [2.24, 2.45) is 4.99 Å². The summed E-state index contributed by atoms with van der Waals surface area (Å²) in [5.74, 6) is 0.884. The predicted octanol–water partition coefficient (Wildman–Crippen LogP) is 2.83. The number of nitrogens with zero attached hydrogens (tertiary/aromatic N) is 2. The van der Waals surface area contributed by atoms with E-state index in [-0.39, 0.29) is 24.0 Å². The van der Waals surface area contributed by atoms with E-state index in [2.05, 4.69) is 39.8 Å². The van der Waals surface area contributed by atoms with Crippen LogP contribution >= 0.6 is 35.3 Å². The second kappa shape index (κ2) is 11.5. The summed E-state index contributed by atoms with van der Waals surface area (Å²) in [4.78, 5) is 8.73. The zero-order valence-corrected chi connectivity index (χ0v) is 15.2. The topological polar surface area (TPSA) is 49.3 Å². The number of aliphatic imine (C=N–C) groups is 1. The van der Waals surface area contributed by atoms with Gasteiger partial charge in [-0.3, -0.25) is 4.99 Å². The minimum atomic E-state index is 0. The highest BCUT2D eigenvalue weighted by Gasteiger charge is 2.01. The molecule has 0 aliphatic carbocycles. The largest absolute Gasteiger partial charge is 0.356 e. The molecule has 1 heterocycles. The molecule has 0 unspecified atom stereocenters. The van der Waals surface area contributed by atoms with Crippen LogP contribution in [0.2, 0.25) is 0 Å². The molecule has 4 nitrogen and oxygen atoms in total. The monoisotopic (exact) mass is 396 g/mol. The van der Waals surface area contributed by atoms with Gasteiger partial charge >= 0.3 is 0 Å². The lowest BCUT2D eigenvalue weighted by Crippen LogP contribution is -2.38. The Hall–Kier alpha value is -0.370. The van der Waals surface area contributed by atoms with E-state index in [4.69, 9.17) is 0 Å². The molecule has 0 saturated heterocycles. The minimum absolute atomic E-state index is 0. The van der Waals surface area contributed by atoms with Crippen molar-refractivity contribution in [3.05, 3.63) is 16.1 Å². The number of thiazole rings is 1. The zero-order valence-electron chi connectivity index (χ0n) is 12.0. The molecule has 0 aliphatic heterocycles. The Kier molecular flexibility index (Phi) is 11.2. The Morgan fingerprint density at radius 3 is 2.63 bits per heavy atom. The normalized spacial score (nSPS) is 11.0. The van der Waals surface area contributed by atoms with Crippen LogP contribution in [0.3, 0.4) is 0 Å². The third kappa shape index (κ3) is 7.71. The SMILES string of the molecule is CCCCNC(=NC)NCCc1csc(CC)n1.I. The Morgan fingerprint density at radius 1 is 1.32 bits per heavy atom. The highest BCUT2D eigenvalue weighted by atomic mass is 127. The van der Waals surface area contributed by atoms with Crippen molar-refractivity contribution in [2.45, 2.75) is 39.5 Å². The van der Waals surface area contributed by atoms with Gasteiger partial charge in [0.25, 0.3) is 0 Å². The van der Waals surface area contributed by atoms with Crippen LogP contribution in [0.5, 0.6) is 0 Å². The molecule has 0 saturated carbocycles. The summed E-state index contributed by atoms with van der Waals surface area (Å²) in [6.45, 7) is 6.18. The lowest BCUT2D eigenvalue weighted by atomic mass is 10.3. The molecule has 0 aromatic carbocycles. The van der Waals surface area contributed by atoms with Crippen LogP contribution in [0.4, 0.5) is 0 Å². The van der Waals surface area contributed by atoms with Gasteiger partial charge in [-0.05, 0) is 12.8 Å². The second-order valence-corrected chi connectivity index (χ2v) is 5.06. The molecule has 0 spiro atoms. The van der Waals surface area contributed by atoms with Gasteiger partial charge in [-0.25, -0.2) is 4.98 Å². The lowest BCUT2D eigenvalue weighted by Gasteiger charge is -2.10. The average molecular weight is 396 g/mol. The fourth-order valence-electron chi connectivity index (χ4n) is 1.54. The van der Waals surface area contributed by atoms with E-state index in [1.165, 1.54) is 23.5 Å².